The first kappa shape index (κ1) is 14.3. The van der Waals surface area contributed by atoms with Crippen molar-refractivity contribution in [3.63, 3.8) is 0 Å². The van der Waals surface area contributed by atoms with Crippen LogP contribution in [0.3, 0.4) is 0 Å². The van der Waals surface area contributed by atoms with Crippen molar-refractivity contribution < 1.29 is 4.79 Å². The van der Waals surface area contributed by atoms with Crippen LogP contribution in [-0.2, 0) is 11.2 Å². The molecule has 17 heavy (non-hydrogen) atoms. The van der Waals surface area contributed by atoms with E-state index in [1.807, 2.05) is 12.1 Å². The molecular weight excluding hydrogens is 259 g/mol. The Morgan fingerprint density at radius 3 is 2.53 bits per heavy atom. The lowest BCUT2D eigenvalue weighted by Crippen LogP contribution is -2.48. The lowest BCUT2D eigenvalue weighted by molar-refractivity contribution is -0.120. The van der Waals surface area contributed by atoms with Crippen LogP contribution in [0.4, 0.5) is 0 Å². The second kappa shape index (κ2) is 6.84. The van der Waals surface area contributed by atoms with Crippen molar-refractivity contribution in [1.29, 1.82) is 0 Å². The molecular formula is C12H16Cl2N2O. The molecule has 1 fully saturated rings. The van der Waals surface area contributed by atoms with Gasteiger partial charge in [0.15, 0.2) is 0 Å². The standard InChI is InChI=1S/C12H15ClN2O.ClH/c13-11-3-1-9(2-4-11)5-12(16)15-8-10-6-14-7-10;/h1-4,10,14H,5-8H2,(H,15,16);1H. The average molecular weight is 275 g/mol. The average Bonchev–Trinajstić information content (AvgIpc) is 2.19. The minimum atomic E-state index is 0. The van der Waals surface area contributed by atoms with Crippen LogP contribution in [0.15, 0.2) is 24.3 Å². The summed E-state index contributed by atoms with van der Waals surface area (Å²) in [5.74, 6) is 0.684. The smallest absolute Gasteiger partial charge is 0.224 e. The number of carbonyl (C=O) groups excluding carboxylic acids is 1. The van der Waals surface area contributed by atoms with Gasteiger partial charge in [0.25, 0.3) is 0 Å². The summed E-state index contributed by atoms with van der Waals surface area (Å²) < 4.78 is 0. The van der Waals surface area contributed by atoms with E-state index in [0.29, 0.717) is 17.4 Å². The molecule has 1 aromatic rings. The molecule has 0 spiro atoms. The Labute approximate surface area is 112 Å². The summed E-state index contributed by atoms with van der Waals surface area (Å²) >= 11 is 5.77. The second-order valence-electron chi connectivity index (χ2n) is 4.13. The van der Waals surface area contributed by atoms with Crippen LogP contribution in [0, 0.1) is 5.92 Å². The van der Waals surface area contributed by atoms with Crippen LogP contribution in [0.2, 0.25) is 5.02 Å². The van der Waals surface area contributed by atoms with Crippen LogP contribution in [0.25, 0.3) is 0 Å². The number of carbonyl (C=O) groups is 1. The van der Waals surface area contributed by atoms with E-state index in [9.17, 15) is 4.79 Å². The quantitative estimate of drug-likeness (QED) is 0.877. The van der Waals surface area contributed by atoms with E-state index in [2.05, 4.69) is 10.6 Å². The Bertz CT molecular complexity index is 363. The Hall–Kier alpha value is -0.770. The van der Waals surface area contributed by atoms with E-state index in [0.717, 1.165) is 25.2 Å². The molecule has 3 nitrogen and oxygen atoms in total. The molecule has 0 aliphatic carbocycles. The van der Waals surface area contributed by atoms with Crippen molar-refractivity contribution in [2.24, 2.45) is 5.92 Å². The first-order chi connectivity index (χ1) is 7.74. The van der Waals surface area contributed by atoms with Crippen molar-refractivity contribution in [1.82, 2.24) is 10.6 Å². The lowest BCUT2D eigenvalue weighted by atomic mass is 10.0. The minimum Gasteiger partial charge on any atom is -0.355 e. The maximum absolute atomic E-state index is 11.6. The third kappa shape index (κ3) is 4.54. The summed E-state index contributed by atoms with van der Waals surface area (Å²) in [6.45, 7) is 2.81. The van der Waals surface area contributed by atoms with Crippen molar-refractivity contribution in [3.8, 4) is 0 Å². The maximum Gasteiger partial charge on any atom is 0.224 e. The summed E-state index contributed by atoms with van der Waals surface area (Å²) in [5.41, 5.74) is 0.994. The van der Waals surface area contributed by atoms with Crippen molar-refractivity contribution in [2.75, 3.05) is 19.6 Å². The van der Waals surface area contributed by atoms with E-state index in [1.54, 1.807) is 12.1 Å². The number of benzene rings is 1. The number of nitrogens with one attached hydrogen (secondary N) is 2. The molecule has 1 aliphatic rings. The van der Waals surface area contributed by atoms with Crippen LogP contribution < -0.4 is 10.6 Å². The first-order valence-corrected chi connectivity index (χ1v) is 5.83. The van der Waals surface area contributed by atoms with Gasteiger partial charge >= 0.3 is 0 Å². The summed E-state index contributed by atoms with van der Waals surface area (Å²) in [7, 11) is 0. The molecule has 0 atom stereocenters. The predicted molar refractivity (Wildman–Crippen MR) is 71.8 cm³/mol. The van der Waals surface area contributed by atoms with E-state index >= 15 is 0 Å². The fourth-order valence-corrected chi connectivity index (χ4v) is 1.73. The Kier molecular flexibility index (Phi) is 5.75. The van der Waals surface area contributed by atoms with Crippen molar-refractivity contribution in [2.45, 2.75) is 6.42 Å². The highest BCUT2D eigenvalue weighted by Crippen LogP contribution is 2.09. The lowest BCUT2D eigenvalue weighted by Gasteiger charge is -2.27. The van der Waals surface area contributed by atoms with Gasteiger partial charge in [0, 0.05) is 30.6 Å². The van der Waals surface area contributed by atoms with Crippen molar-refractivity contribution >= 4 is 29.9 Å². The van der Waals surface area contributed by atoms with E-state index < -0.39 is 0 Å². The molecule has 1 aliphatic heterocycles. The number of hydrogen-bond donors (Lipinski definition) is 2. The van der Waals surface area contributed by atoms with Gasteiger partial charge in [-0.25, -0.2) is 0 Å². The van der Waals surface area contributed by atoms with Crippen LogP contribution in [0.1, 0.15) is 5.56 Å². The molecule has 0 bridgehead atoms. The largest absolute Gasteiger partial charge is 0.355 e. The highest BCUT2D eigenvalue weighted by Gasteiger charge is 2.16. The van der Waals surface area contributed by atoms with Crippen LogP contribution in [0.5, 0.6) is 0 Å². The number of rotatable bonds is 4. The fourth-order valence-electron chi connectivity index (χ4n) is 1.60. The monoisotopic (exact) mass is 274 g/mol. The molecule has 1 saturated heterocycles. The zero-order valence-corrected chi connectivity index (χ0v) is 11.0. The van der Waals surface area contributed by atoms with Gasteiger partial charge in [-0.05, 0) is 17.7 Å². The van der Waals surface area contributed by atoms with Gasteiger partial charge in [0.1, 0.15) is 0 Å². The maximum atomic E-state index is 11.6. The molecule has 2 N–H and O–H groups in total. The highest BCUT2D eigenvalue weighted by atomic mass is 35.5. The Balaban J connectivity index is 0.00000144. The zero-order chi connectivity index (χ0) is 11.4. The zero-order valence-electron chi connectivity index (χ0n) is 9.41. The molecule has 1 aromatic carbocycles. The molecule has 0 aromatic heterocycles. The Morgan fingerprint density at radius 2 is 2.00 bits per heavy atom. The van der Waals surface area contributed by atoms with Crippen LogP contribution >= 0.6 is 24.0 Å². The molecule has 1 heterocycles. The molecule has 0 unspecified atom stereocenters. The van der Waals surface area contributed by atoms with E-state index in [1.165, 1.54) is 0 Å². The summed E-state index contributed by atoms with van der Waals surface area (Å²) in [6.07, 6.45) is 0.428. The highest BCUT2D eigenvalue weighted by molar-refractivity contribution is 6.30. The number of hydrogen-bond acceptors (Lipinski definition) is 2. The topological polar surface area (TPSA) is 41.1 Å². The summed E-state index contributed by atoms with van der Waals surface area (Å²) in [5, 5.41) is 6.81. The van der Waals surface area contributed by atoms with Gasteiger partial charge in [0.05, 0.1) is 6.42 Å². The predicted octanol–water partition coefficient (Wildman–Crippen LogP) is 1.64. The molecule has 1 amide bonds. The minimum absolute atomic E-state index is 0. The molecule has 2 rings (SSSR count). The van der Waals surface area contributed by atoms with Gasteiger partial charge in [-0.1, -0.05) is 23.7 Å². The number of halogens is 2. The summed E-state index contributed by atoms with van der Waals surface area (Å²) in [4.78, 5) is 11.6. The third-order valence-corrected chi connectivity index (χ3v) is 2.98. The Morgan fingerprint density at radius 1 is 1.35 bits per heavy atom. The van der Waals surface area contributed by atoms with Crippen molar-refractivity contribution in [3.05, 3.63) is 34.9 Å². The van der Waals surface area contributed by atoms with Gasteiger partial charge < -0.3 is 10.6 Å². The van der Waals surface area contributed by atoms with Gasteiger partial charge in [-0.15, -0.1) is 12.4 Å². The van der Waals surface area contributed by atoms with Gasteiger partial charge in [-0.2, -0.15) is 0 Å². The van der Waals surface area contributed by atoms with E-state index in [4.69, 9.17) is 11.6 Å². The normalized spacial score (nSPS) is 14.6. The number of amides is 1. The van der Waals surface area contributed by atoms with E-state index in [-0.39, 0.29) is 18.3 Å². The summed E-state index contributed by atoms with van der Waals surface area (Å²) in [6, 6.07) is 7.37. The fraction of sp³-hybridized carbons (Fsp3) is 0.417. The third-order valence-electron chi connectivity index (χ3n) is 2.73. The van der Waals surface area contributed by atoms with Gasteiger partial charge in [-0.3, -0.25) is 4.79 Å². The molecule has 0 radical (unpaired) electrons. The molecule has 5 heteroatoms. The SMILES string of the molecule is Cl.O=C(Cc1ccc(Cl)cc1)NCC1CNC1. The second-order valence-corrected chi connectivity index (χ2v) is 4.57. The van der Waals surface area contributed by atoms with Crippen LogP contribution in [-0.4, -0.2) is 25.5 Å². The molecule has 0 saturated carbocycles. The molecule has 94 valence electrons. The van der Waals surface area contributed by atoms with Gasteiger partial charge in [0.2, 0.25) is 5.91 Å². The first-order valence-electron chi connectivity index (χ1n) is 5.46.